The van der Waals surface area contributed by atoms with E-state index in [1.165, 1.54) is 7.11 Å². The molecule has 0 spiro atoms. The Balaban J connectivity index is 1.31. The van der Waals surface area contributed by atoms with Crippen LogP contribution >= 0.6 is 0 Å². The summed E-state index contributed by atoms with van der Waals surface area (Å²) in [5, 5.41) is 6.16. The molecule has 266 valence electrons. The number of nitrogens with one attached hydrogen (secondary N) is 2. The molecule has 1 aromatic carbocycles. The summed E-state index contributed by atoms with van der Waals surface area (Å²) in [6.45, 7) is 9.37. The summed E-state index contributed by atoms with van der Waals surface area (Å²) in [6, 6.07) is 5.14. The van der Waals surface area contributed by atoms with E-state index in [1.807, 2.05) is 27.7 Å². The van der Waals surface area contributed by atoms with Crippen molar-refractivity contribution in [3.63, 3.8) is 0 Å². The van der Waals surface area contributed by atoms with E-state index in [0.29, 0.717) is 80.7 Å². The van der Waals surface area contributed by atoms with Gasteiger partial charge in [0.15, 0.2) is 5.82 Å². The van der Waals surface area contributed by atoms with Gasteiger partial charge in [-0.15, -0.1) is 12.3 Å². The molecule has 1 aliphatic heterocycles. The molecule has 1 atom stereocenters. The summed E-state index contributed by atoms with van der Waals surface area (Å²) in [7, 11) is 3.32. The summed E-state index contributed by atoms with van der Waals surface area (Å²) < 4.78 is 16.8. The van der Waals surface area contributed by atoms with E-state index in [0.717, 1.165) is 31.5 Å². The lowest BCUT2D eigenvalue weighted by molar-refractivity contribution is -0.120. The minimum atomic E-state index is -0.599. The molecular formula is C36H51N7O6. The van der Waals surface area contributed by atoms with E-state index in [-0.39, 0.29) is 23.9 Å². The quantitative estimate of drug-likeness (QED) is 0.193. The van der Waals surface area contributed by atoms with E-state index in [9.17, 15) is 14.4 Å². The van der Waals surface area contributed by atoms with E-state index in [4.69, 9.17) is 25.6 Å². The Morgan fingerprint density at radius 2 is 1.92 bits per heavy atom. The van der Waals surface area contributed by atoms with Crippen molar-refractivity contribution in [1.82, 2.24) is 20.2 Å². The van der Waals surface area contributed by atoms with Crippen LogP contribution in [0.1, 0.15) is 83.0 Å². The van der Waals surface area contributed by atoms with Crippen LogP contribution in [0.25, 0.3) is 0 Å². The molecule has 2 N–H and O–H groups in total. The molecule has 13 heteroatoms. The predicted molar refractivity (Wildman–Crippen MR) is 190 cm³/mol. The van der Waals surface area contributed by atoms with Crippen LogP contribution in [0, 0.1) is 12.3 Å². The number of terminal acetylenes is 1. The summed E-state index contributed by atoms with van der Waals surface area (Å²) in [4.78, 5) is 53.4. The molecule has 0 saturated heterocycles. The van der Waals surface area contributed by atoms with Crippen LogP contribution in [0.5, 0.6) is 5.75 Å². The number of amides is 3. The SMILES string of the molecule is C#CCCN(CCOCCCNC(=O)c1ccc(Nc2ncc3c(n2)N(C2CCCC2)[C@H](CC)C(=O)N3C)c(OC)c1)C(=O)OC(C)(C)C. The lowest BCUT2D eigenvalue weighted by Gasteiger charge is -2.43. The first kappa shape index (κ1) is 37.3. The number of methoxy groups -OCH3 is 1. The van der Waals surface area contributed by atoms with Gasteiger partial charge in [0.25, 0.3) is 5.91 Å². The van der Waals surface area contributed by atoms with Crippen LogP contribution < -0.4 is 25.2 Å². The molecule has 1 aliphatic carbocycles. The monoisotopic (exact) mass is 677 g/mol. The van der Waals surface area contributed by atoms with Crippen LogP contribution in [-0.2, 0) is 14.3 Å². The fourth-order valence-corrected chi connectivity index (χ4v) is 6.07. The highest BCUT2D eigenvalue weighted by molar-refractivity contribution is 6.04. The highest BCUT2D eigenvalue weighted by Gasteiger charge is 2.41. The third-order valence-corrected chi connectivity index (χ3v) is 8.56. The Labute approximate surface area is 290 Å². The summed E-state index contributed by atoms with van der Waals surface area (Å²) in [5.74, 6) is 3.95. The fraction of sp³-hybridized carbons (Fsp3) is 0.583. The molecule has 2 heterocycles. The number of carbonyl (C=O) groups is 3. The second kappa shape index (κ2) is 17.2. The van der Waals surface area contributed by atoms with Gasteiger partial charge in [0.2, 0.25) is 11.9 Å². The van der Waals surface area contributed by atoms with Crippen LogP contribution in [0.3, 0.4) is 0 Å². The smallest absolute Gasteiger partial charge is 0.410 e. The number of aromatic nitrogens is 2. The van der Waals surface area contributed by atoms with E-state index in [1.54, 1.807) is 41.2 Å². The van der Waals surface area contributed by atoms with Crippen LogP contribution in [0.2, 0.25) is 0 Å². The maximum Gasteiger partial charge on any atom is 0.410 e. The van der Waals surface area contributed by atoms with E-state index < -0.39 is 11.7 Å². The van der Waals surface area contributed by atoms with Gasteiger partial charge in [-0.05, 0) is 64.7 Å². The highest BCUT2D eigenvalue weighted by Crippen LogP contribution is 2.40. The molecule has 2 aliphatic rings. The number of hydrogen-bond acceptors (Lipinski definition) is 10. The van der Waals surface area contributed by atoms with Gasteiger partial charge in [0.1, 0.15) is 23.1 Å². The van der Waals surface area contributed by atoms with Gasteiger partial charge in [-0.25, -0.2) is 9.78 Å². The molecule has 1 aromatic heterocycles. The first-order valence-electron chi connectivity index (χ1n) is 17.1. The van der Waals surface area contributed by atoms with Crippen LogP contribution in [0.15, 0.2) is 24.4 Å². The number of rotatable bonds is 15. The van der Waals surface area contributed by atoms with Crippen molar-refractivity contribution in [2.75, 3.05) is 62.1 Å². The molecule has 1 saturated carbocycles. The topological polar surface area (TPSA) is 138 Å². The molecule has 2 aromatic rings. The van der Waals surface area contributed by atoms with Gasteiger partial charge in [0, 0.05) is 51.3 Å². The third-order valence-electron chi connectivity index (χ3n) is 8.56. The van der Waals surface area contributed by atoms with Gasteiger partial charge in [0.05, 0.1) is 25.6 Å². The molecule has 4 rings (SSSR count). The molecule has 49 heavy (non-hydrogen) atoms. The lowest BCUT2D eigenvalue weighted by atomic mass is 10.0. The number of hydrogen-bond donors (Lipinski definition) is 2. The standard InChI is InChI=1S/C36H51N7O6/c1-8-10-19-42(35(46)49-36(3,4)5)20-22-48-21-13-18-37-32(44)25-16-17-27(30(23-25)47-7)39-34-38-24-29-31(40-34)43(26-14-11-12-15-26)28(9-2)33(45)41(29)6/h1,16-17,23-24,26,28H,9-15,18-22H2,2-7H3,(H,37,44)(H,38,39,40)/t28-/m1/s1. The Bertz CT molecular complexity index is 1500. The van der Waals surface area contributed by atoms with Gasteiger partial charge in [-0.1, -0.05) is 19.8 Å². The Morgan fingerprint density at radius 1 is 1.16 bits per heavy atom. The van der Waals surface area contributed by atoms with Crippen molar-refractivity contribution in [3.05, 3.63) is 30.0 Å². The minimum absolute atomic E-state index is 0.0629. The average molecular weight is 678 g/mol. The fourth-order valence-electron chi connectivity index (χ4n) is 6.07. The molecule has 0 unspecified atom stereocenters. The second-order valence-electron chi connectivity index (χ2n) is 13.3. The Kier molecular flexibility index (Phi) is 13.1. The number of anilines is 4. The van der Waals surface area contributed by atoms with E-state index >= 15 is 0 Å². The van der Waals surface area contributed by atoms with Crippen LogP contribution in [0.4, 0.5) is 27.9 Å². The maximum atomic E-state index is 13.2. The molecule has 1 fully saturated rings. The van der Waals surface area contributed by atoms with Crippen molar-refractivity contribution in [2.24, 2.45) is 0 Å². The first-order chi connectivity index (χ1) is 23.5. The van der Waals surface area contributed by atoms with Gasteiger partial charge in [-0.2, -0.15) is 4.98 Å². The minimum Gasteiger partial charge on any atom is -0.495 e. The van der Waals surface area contributed by atoms with E-state index in [2.05, 4.69) is 26.4 Å². The van der Waals surface area contributed by atoms with Crippen molar-refractivity contribution >= 4 is 41.0 Å². The normalized spacial score (nSPS) is 16.2. The zero-order valence-electron chi connectivity index (χ0n) is 29.7. The second-order valence-corrected chi connectivity index (χ2v) is 13.3. The lowest BCUT2D eigenvalue weighted by Crippen LogP contribution is -2.55. The number of carbonyl (C=O) groups excluding carboxylic acids is 3. The summed E-state index contributed by atoms with van der Waals surface area (Å²) in [6.07, 6.45) is 12.7. The van der Waals surface area contributed by atoms with Crippen LogP contribution in [-0.4, -0.2) is 97.5 Å². The number of benzene rings is 1. The largest absolute Gasteiger partial charge is 0.495 e. The molecule has 13 nitrogen and oxygen atoms in total. The Hall–Kier alpha value is -4.57. The van der Waals surface area contributed by atoms with Gasteiger partial charge in [-0.3, -0.25) is 9.59 Å². The Morgan fingerprint density at radius 3 is 2.59 bits per heavy atom. The molecule has 0 radical (unpaired) electrons. The average Bonchev–Trinajstić information content (AvgIpc) is 3.61. The maximum absolute atomic E-state index is 13.2. The molecule has 3 amide bonds. The summed E-state index contributed by atoms with van der Waals surface area (Å²) in [5.41, 5.74) is 1.14. The predicted octanol–water partition coefficient (Wildman–Crippen LogP) is 5.13. The third kappa shape index (κ3) is 9.75. The first-order valence-corrected chi connectivity index (χ1v) is 17.1. The number of likely N-dealkylation sites (N-methyl/N-ethyl adjacent to an activating group) is 1. The van der Waals surface area contributed by atoms with Crippen molar-refractivity contribution in [1.29, 1.82) is 0 Å². The molecule has 0 bridgehead atoms. The zero-order chi connectivity index (χ0) is 35.6. The molecular weight excluding hydrogens is 626 g/mol. The number of fused-ring (bicyclic) bond motifs is 1. The van der Waals surface area contributed by atoms with Gasteiger partial charge < -0.3 is 39.5 Å². The van der Waals surface area contributed by atoms with Crippen molar-refractivity contribution in [2.45, 2.75) is 90.3 Å². The number of nitrogens with zero attached hydrogens (tertiary/aromatic N) is 5. The number of ether oxygens (including phenoxy) is 3. The van der Waals surface area contributed by atoms with Crippen molar-refractivity contribution < 1.29 is 28.6 Å². The van der Waals surface area contributed by atoms with Crippen molar-refractivity contribution in [3.8, 4) is 18.1 Å². The highest BCUT2D eigenvalue weighted by atomic mass is 16.6. The van der Waals surface area contributed by atoms with Gasteiger partial charge >= 0.3 is 6.09 Å². The summed E-state index contributed by atoms with van der Waals surface area (Å²) >= 11 is 0. The zero-order valence-corrected chi connectivity index (χ0v) is 29.7.